The van der Waals surface area contributed by atoms with Crippen molar-refractivity contribution in [3.8, 4) is 5.75 Å². The number of benzene rings is 1. The first-order valence-corrected chi connectivity index (χ1v) is 6.86. The molecule has 5 nitrogen and oxygen atoms in total. The Morgan fingerprint density at radius 2 is 2.35 bits per heavy atom. The minimum atomic E-state index is -0.441. The first-order chi connectivity index (χ1) is 9.60. The molecule has 0 radical (unpaired) electrons. The lowest BCUT2D eigenvalue weighted by Gasteiger charge is -2.30. The number of anilines is 2. The number of nitrogens with one attached hydrogen (secondary N) is 1. The van der Waals surface area contributed by atoms with E-state index in [-0.39, 0.29) is 11.9 Å². The molecular formula is C14H22FN3O2. The highest BCUT2D eigenvalue weighted by molar-refractivity contribution is 5.68. The smallest absolute Gasteiger partial charge is 0.167 e. The molecule has 1 unspecified atom stereocenters. The van der Waals surface area contributed by atoms with Crippen LogP contribution in [0.4, 0.5) is 15.8 Å². The van der Waals surface area contributed by atoms with Gasteiger partial charge in [0.05, 0.1) is 30.7 Å². The summed E-state index contributed by atoms with van der Waals surface area (Å²) in [6.07, 6.45) is 0.105. The number of likely N-dealkylation sites (N-methyl/N-ethyl adjacent to an activating group) is 1. The van der Waals surface area contributed by atoms with Crippen LogP contribution >= 0.6 is 0 Å². The molecule has 1 aliphatic rings. The molecule has 20 heavy (non-hydrogen) atoms. The molecule has 0 saturated carbocycles. The predicted octanol–water partition coefficient (Wildman–Crippen LogP) is 1.55. The maximum atomic E-state index is 13.6. The lowest BCUT2D eigenvalue weighted by molar-refractivity contribution is -0.0117. The van der Waals surface area contributed by atoms with E-state index >= 15 is 0 Å². The van der Waals surface area contributed by atoms with Gasteiger partial charge in [-0.1, -0.05) is 0 Å². The number of hydrogen-bond donors (Lipinski definition) is 2. The van der Waals surface area contributed by atoms with Gasteiger partial charge >= 0.3 is 0 Å². The van der Waals surface area contributed by atoms with Crippen LogP contribution in [0.3, 0.4) is 0 Å². The van der Waals surface area contributed by atoms with Crippen LogP contribution < -0.4 is 15.8 Å². The van der Waals surface area contributed by atoms with Gasteiger partial charge in [0, 0.05) is 31.8 Å². The van der Waals surface area contributed by atoms with E-state index in [2.05, 4.69) is 17.3 Å². The van der Waals surface area contributed by atoms with Crippen molar-refractivity contribution in [3.63, 3.8) is 0 Å². The van der Waals surface area contributed by atoms with Gasteiger partial charge in [0.2, 0.25) is 0 Å². The van der Waals surface area contributed by atoms with E-state index in [9.17, 15) is 4.39 Å². The van der Waals surface area contributed by atoms with E-state index in [0.29, 0.717) is 24.5 Å². The lowest BCUT2D eigenvalue weighted by Crippen LogP contribution is -2.43. The molecule has 6 heteroatoms. The van der Waals surface area contributed by atoms with Gasteiger partial charge in [-0.15, -0.1) is 0 Å². The fourth-order valence-electron chi connectivity index (χ4n) is 2.20. The van der Waals surface area contributed by atoms with E-state index in [0.717, 1.165) is 19.7 Å². The summed E-state index contributed by atoms with van der Waals surface area (Å²) in [5, 5.41) is 3.21. The van der Waals surface area contributed by atoms with Gasteiger partial charge in [0.1, 0.15) is 0 Å². The molecule has 1 aliphatic heterocycles. The number of hydrogen-bond acceptors (Lipinski definition) is 5. The molecule has 1 heterocycles. The van der Waals surface area contributed by atoms with Crippen molar-refractivity contribution in [2.45, 2.75) is 13.0 Å². The van der Waals surface area contributed by atoms with Crippen molar-refractivity contribution in [3.05, 3.63) is 17.9 Å². The standard InChI is InChI=1S/C14H22FN3O2/c1-3-19-14-7-13(12(16)6-11(14)15)17-8-10-9-18(2)4-5-20-10/h6-7,10,17H,3-5,8-9,16H2,1-2H3. The Morgan fingerprint density at radius 3 is 3.05 bits per heavy atom. The first-order valence-electron chi connectivity index (χ1n) is 6.86. The SMILES string of the molecule is CCOc1cc(NCC2CN(C)CCO2)c(N)cc1F. The van der Waals surface area contributed by atoms with Crippen molar-refractivity contribution in [2.24, 2.45) is 0 Å². The van der Waals surface area contributed by atoms with Crippen molar-refractivity contribution in [1.29, 1.82) is 0 Å². The normalized spacial score (nSPS) is 19.9. The Kier molecular flexibility index (Phi) is 5.03. The van der Waals surface area contributed by atoms with E-state index in [1.165, 1.54) is 6.07 Å². The Bertz CT molecular complexity index is 456. The third kappa shape index (κ3) is 3.74. The molecule has 3 N–H and O–H groups in total. The zero-order valence-corrected chi connectivity index (χ0v) is 12.0. The lowest BCUT2D eigenvalue weighted by atomic mass is 10.2. The van der Waals surface area contributed by atoms with E-state index in [1.54, 1.807) is 6.07 Å². The van der Waals surface area contributed by atoms with Gasteiger partial charge in [-0.3, -0.25) is 0 Å². The van der Waals surface area contributed by atoms with Gasteiger partial charge in [0.25, 0.3) is 0 Å². The summed E-state index contributed by atoms with van der Waals surface area (Å²) in [5.74, 6) is -0.227. The molecule has 0 aromatic heterocycles. The summed E-state index contributed by atoms with van der Waals surface area (Å²) in [6.45, 7) is 5.40. The van der Waals surface area contributed by atoms with Gasteiger partial charge in [-0.05, 0) is 14.0 Å². The number of morpholine rings is 1. The van der Waals surface area contributed by atoms with Crippen LogP contribution in [-0.2, 0) is 4.74 Å². The van der Waals surface area contributed by atoms with Crippen LogP contribution in [0.1, 0.15) is 6.92 Å². The minimum absolute atomic E-state index is 0.105. The third-order valence-corrected chi connectivity index (χ3v) is 3.27. The number of nitrogens with two attached hydrogens (primary N) is 1. The zero-order valence-electron chi connectivity index (χ0n) is 12.0. The van der Waals surface area contributed by atoms with Gasteiger partial charge < -0.3 is 25.4 Å². The molecule has 0 bridgehead atoms. The second-order valence-electron chi connectivity index (χ2n) is 4.94. The van der Waals surface area contributed by atoms with Gasteiger partial charge in [0.15, 0.2) is 11.6 Å². The average Bonchev–Trinajstić information content (AvgIpc) is 2.41. The van der Waals surface area contributed by atoms with Crippen LogP contribution in [0.25, 0.3) is 0 Å². The van der Waals surface area contributed by atoms with Gasteiger partial charge in [-0.2, -0.15) is 0 Å². The third-order valence-electron chi connectivity index (χ3n) is 3.27. The molecule has 0 amide bonds. The minimum Gasteiger partial charge on any atom is -0.491 e. The molecule has 1 atom stereocenters. The molecule has 1 aromatic rings. The maximum Gasteiger partial charge on any atom is 0.167 e. The molecule has 112 valence electrons. The van der Waals surface area contributed by atoms with Crippen molar-refractivity contribution < 1.29 is 13.9 Å². The van der Waals surface area contributed by atoms with Gasteiger partial charge in [-0.25, -0.2) is 4.39 Å². The number of halogens is 1. The highest BCUT2D eigenvalue weighted by atomic mass is 19.1. The van der Waals surface area contributed by atoms with Crippen molar-refractivity contribution in [2.75, 3.05) is 50.9 Å². The number of nitrogens with zero attached hydrogens (tertiary/aromatic N) is 1. The molecule has 1 aromatic carbocycles. The molecule has 2 rings (SSSR count). The molecule has 1 fully saturated rings. The quantitative estimate of drug-likeness (QED) is 0.803. The Hall–Kier alpha value is -1.53. The van der Waals surface area contributed by atoms with Crippen LogP contribution in [0.2, 0.25) is 0 Å². The topological polar surface area (TPSA) is 59.8 Å². The van der Waals surface area contributed by atoms with Crippen LogP contribution in [0, 0.1) is 5.82 Å². The Morgan fingerprint density at radius 1 is 1.55 bits per heavy atom. The molecule has 0 spiro atoms. The van der Waals surface area contributed by atoms with Crippen LogP contribution in [-0.4, -0.2) is 50.9 Å². The average molecular weight is 283 g/mol. The number of nitrogen functional groups attached to an aromatic ring is 1. The zero-order chi connectivity index (χ0) is 14.5. The maximum absolute atomic E-state index is 13.6. The van der Waals surface area contributed by atoms with Crippen molar-refractivity contribution >= 4 is 11.4 Å². The highest BCUT2D eigenvalue weighted by Crippen LogP contribution is 2.28. The van der Waals surface area contributed by atoms with Crippen LogP contribution in [0.5, 0.6) is 5.75 Å². The second kappa shape index (κ2) is 6.76. The summed E-state index contributed by atoms with van der Waals surface area (Å²) in [6, 6.07) is 2.88. The summed E-state index contributed by atoms with van der Waals surface area (Å²) in [7, 11) is 2.06. The first kappa shape index (κ1) is 14.9. The molecule has 0 aliphatic carbocycles. The summed E-state index contributed by atoms with van der Waals surface area (Å²) < 4.78 is 24.5. The van der Waals surface area contributed by atoms with E-state index in [1.807, 2.05) is 6.92 Å². The number of rotatable bonds is 5. The number of ether oxygens (including phenoxy) is 2. The summed E-state index contributed by atoms with van der Waals surface area (Å²) in [4.78, 5) is 2.22. The monoisotopic (exact) mass is 283 g/mol. The molecular weight excluding hydrogens is 261 g/mol. The van der Waals surface area contributed by atoms with E-state index in [4.69, 9.17) is 15.2 Å². The highest BCUT2D eigenvalue weighted by Gasteiger charge is 2.18. The molecule has 1 saturated heterocycles. The fourth-order valence-corrected chi connectivity index (χ4v) is 2.20. The summed E-state index contributed by atoms with van der Waals surface area (Å²) >= 11 is 0. The largest absolute Gasteiger partial charge is 0.491 e. The van der Waals surface area contributed by atoms with Crippen LogP contribution in [0.15, 0.2) is 12.1 Å². The Balaban J connectivity index is 1.99. The fraction of sp³-hybridized carbons (Fsp3) is 0.571. The summed E-state index contributed by atoms with van der Waals surface area (Å²) in [5.41, 5.74) is 6.86. The second-order valence-corrected chi connectivity index (χ2v) is 4.94. The van der Waals surface area contributed by atoms with Crippen molar-refractivity contribution in [1.82, 2.24) is 4.90 Å². The predicted molar refractivity (Wildman–Crippen MR) is 77.7 cm³/mol. The van der Waals surface area contributed by atoms with E-state index < -0.39 is 5.82 Å². The Labute approximate surface area is 118 Å².